The molecule has 1 aliphatic heterocycles. The minimum absolute atomic E-state index is 0.0822. The van der Waals surface area contributed by atoms with Gasteiger partial charge < -0.3 is 19.1 Å². The van der Waals surface area contributed by atoms with E-state index in [-0.39, 0.29) is 12.0 Å². The molecule has 2 aromatic heterocycles. The number of carbonyl (C=O) groups excluding carboxylic acids is 1. The number of methoxy groups -OCH3 is 2. The van der Waals surface area contributed by atoms with E-state index in [0.29, 0.717) is 42.0 Å². The minimum Gasteiger partial charge on any atom is -0.496 e. The molecular formula is C22H25N5O4. The fourth-order valence-corrected chi connectivity index (χ4v) is 3.69. The lowest BCUT2D eigenvalue weighted by Crippen LogP contribution is -2.45. The molecule has 0 spiro atoms. The van der Waals surface area contributed by atoms with Gasteiger partial charge in [-0.3, -0.25) is 14.5 Å². The van der Waals surface area contributed by atoms with Crippen molar-refractivity contribution >= 4 is 5.91 Å². The van der Waals surface area contributed by atoms with E-state index in [1.165, 1.54) is 13.3 Å². The van der Waals surface area contributed by atoms with Crippen LogP contribution in [0.4, 0.5) is 0 Å². The molecule has 0 aliphatic carbocycles. The van der Waals surface area contributed by atoms with Gasteiger partial charge in [0.15, 0.2) is 0 Å². The lowest BCUT2D eigenvalue weighted by Gasteiger charge is -2.32. The number of nitrogens with zero attached hydrogens (tertiary/aromatic N) is 5. The van der Waals surface area contributed by atoms with Gasteiger partial charge in [0.25, 0.3) is 5.91 Å². The average molecular weight is 423 g/mol. The zero-order valence-corrected chi connectivity index (χ0v) is 17.8. The first-order chi connectivity index (χ1) is 15.1. The van der Waals surface area contributed by atoms with Crippen LogP contribution in [-0.2, 0) is 7.05 Å². The van der Waals surface area contributed by atoms with Crippen molar-refractivity contribution in [2.75, 3.05) is 27.3 Å². The number of benzene rings is 1. The fourth-order valence-electron chi connectivity index (χ4n) is 3.69. The van der Waals surface area contributed by atoms with Crippen LogP contribution in [0.25, 0.3) is 11.3 Å². The third-order valence-corrected chi connectivity index (χ3v) is 5.23. The van der Waals surface area contributed by atoms with Gasteiger partial charge in [-0.05, 0) is 31.0 Å². The summed E-state index contributed by atoms with van der Waals surface area (Å²) in [5, 5.41) is 4.54. The molecule has 162 valence electrons. The maximum Gasteiger partial charge on any atom is 0.272 e. The van der Waals surface area contributed by atoms with Gasteiger partial charge in [0.2, 0.25) is 11.8 Å². The standard InChI is InChI=1S/C22H25N5O4/c1-26-18(11-17(25-26)16-8-4-5-9-19(16)29-2)22(28)27-10-6-7-15(14-27)31-21-13-23-12-20(24-21)30-3/h4-5,8-9,11-13,15H,6-7,10,14H2,1-3H3. The Morgan fingerprint density at radius 3 is 2.74 bits per heavy atom. The van der Waals surface area contributed by atoms with Gasteiger partial charge in [0, 0.05) is 19.2 Å². The molecule has 1 fully saturated rings. The Bertz CT molecular complexity index is 1070. The summed E-state index contributed by atoms with van der Waals surface area (Å²) in [4.78, 5) is 23.4. The van der Waals surface area contributed by atoms with Crippen molar-refractivity contribution in [3.8, 4) is 28.8 Å². The summed E-state index contributed by atoms with van der Waals surface area (Å²) in [5.41, 5.74) is 2.05. The lowest BCUT2D eigenvalue weighted by atomic mass is 10.1. The quantitative estimate of drug-likeness (QED) is 0.602. The second-order valence-electron chi connectivity index (χ2n) is 7.27. The van der Waals surface area contributed by atoms with Gasteiger partial charge in [-0.2, -0.15) is 10.1 Å². The number of aryl methyl sites for hydroxylation is 1. The van der Waals surface area contributed by atoms with E-state index in [0.717, 1.165) is 18.4 Å². The second kappa shape index (κ2) is 9.03. The van der Waals surface area contributed by atoms with Crippen LogP contribution in [0, 0.1) is 0 Å². The van der Waals surface area contributed by atoms with Crippen molar-refractivity contribution in [1.82, 2.24) is 24.6 Å². The Balaban J connectivity index is 1.49. The summed E-state index contributed by atoms with van der Waals surface area (Å²) in [6, 6.07) is 9.42. The average Bonchev–Trinajstić information content (AvgIpc) is 3.20. The molecule has 9 heteroatoms. The molecule has 1 aromatic carbocycles. The SMILES string of the molecule is COc1cncc(OC2CCCN(C(=O)c3cc(-c4ccccc4OC)nn3C)C2)n1. The van der Waals surface area contributed by atoms with Crippen molar-refractivity contribution in [1.29, 1.82) is 0 Å². The van der Waals surface area contributed by atoms with Gasteiger partial charge in [-0.25, -0.2) is 0 Å². The van der Waals surface area contributed by atoms with Crippen molar-refractivity contribution in [2.24, 2.45) is 7.05 Å². The summed E-state index contributed by atoms with van der Waals surface area (Å²) in [6.45, 7) is 1.13. The van der Waals surface area contributed by atoms with Crippen LogP contribution in [0.1, 0.15) is 23.3 Å². The number of carbonyl (C=O) groups is 1. The Morgan fingerprint density at radius 2 is 1.94 bits per heavy atom. The van der Waals surface area contributed by atoms with Crippen LogP contribution in [-0.4, -0.2) is 64.0 Å². The highest BCUT2D eigenvalue weighted by atomic mass is 16.5. The number of rotatable bonds is 6. The number of hydrogen-bond acceptors (Lipinski definition) is 7. The number of para-hydroxylation sites is 1. The highest BCUT2D eigenvalue weighted by molar-refractivity contribution is 5.94. The van der Waals surface area contributed by atoms with E-state index in [9.17, 15) is 4.79 Å². The summed E-state index contributed by atoms with van der Waals surface area (Å²) in [5.74, 6) is 1.41. The molecule has 31 heavy (non-hydrogen) atoms. The molecular weight excluding hydrogens is 398 g/mol. The van der Waals surface area contributed by atoms with Crippen LogP contribution in [0.3, 0.4) is 0 Å². The molecule has 1 atom stereocenters. The maximum atomic E-state index is 13.2. The van der Waals surface area contributed by atoms with E-state index < -0.39 is 0 Å². The van der Waals surface area contributed by atoms with Crippen LogP contribution < -0.4 is 14.2 Å². The largest absolute Gasteiger partial charge is 0.496 e. The molecule has 0 saturated carbocycles. The van der Waals surface area contributed by atoms with E-state index in [1.54, 1.807) is 36.0 Å². The monoisotopic (exact) mass is 423 g/mol. The molecule has 1 aliphatic rings. The normalized spacial score (nSPS) is 16.1. The third kappa shape index (κ3) is 4.45. The number of aromatic nitrogens is 4. The van der Waals surface area contributed by atoms with Gasteiger partial charge in [0.1, 0.15) is 17.5 Å². The maximum absolute atomic E-state index is 13.2. The zero-order chi connectivity index (χ0) is 21.8. The number of piperidine rings is 1. The molecule has 1 amide bonds. The molecule has 3 aromatic rings. The topological polar surface area (TPSA) is 91.6 Å². The third-order valence-electron chi connectivity index (χ3n) is 5.23. The number of amides is 1. The smallest absolute Gasteiger partial charge is 0.272 e. The van der Waals surface area contributed by atoms with Gasteiger partial charge in [-0.1, -0.05) is 12.1 Å². The van der Waals surface area contributed by atoms with Crippen LogP contribution in [0.15, 0.2) is 42.7 Å². The van der Waals surface area contributed by atoms with Crippen LogP contribution >= 0.6 is 0 Å². The van der Waals surface area contributed by atoms with Crippen molar-refractivity contribution < 1.29 is 19.0 Å². The molecule has 1 unspecified atom stereocenters. The summed E-state index contributed by atoms with van der Waals surface area (Å²) >= 11 is 0. The van der Waals surface area contributed by atoms with Crippen LogP contribution in [0.2, 0.25) is 0 Å². The predicted molar refractivity (Wildman–Crippen MR) is 113 cm³/mol. The van der Waals surface area contributed by atoms with E-state index in [2.05, 4.69) is 15.1 Å². The molecule has 3 heterocycles. The molecule has 0 radical (unpaired) electrons. The van der Waals surface area contributed by atoms with Crippen molar-refractivity contribution in [3.63, 3.8) is 0 Å². The van der Waals surface area contributed by atoms with Gasteiger partial charge in [-0.15, -0.1) is 0 Å². The minimum atomic E-state index is -0.166. The first kappa shape index (κ1) is 20.6. The van der Waals surface area contributed by atoms with E-state index >= 15 is 0 Å². The highest BCUT2D eigenvalue weighted by Gasteiger charge is 2.28. The Kier molecular flexibility index (Phi) is 6.01. The van der Waals surface area contributed by atoms with Crippen molar-refractivity contribution in [3.05, 3.63) is 48.4 Å². The summed E-state index contributed by atoms with van der Waals surface area (Å²) in [6.07, 6.45) is 4.57. The number of likely N-dealkylation sites (tertiary alicyclic amines) is 1. The Labute approximate surface area is 180 Å². The molecule has 0 bridgehead atoms. The molecule has 1 saturated heterocycles. The van der Waals surface area contributed by atoms with Gasteiger partial charge >= 0.3 is 0 Å². The summed E-state index contributed by atoms with van der Waals surface area (Å²) in [7, 11) is 4.92. The van der Waals surface area contributed by atoms with Crippen molar-refractivity contribution in [2.45, 2.75) is 18.9 Å². The van der Waals surface area contributed by atoms with E-state index in [1.807, 2.05) is 24.3 Å². The zero-order valence-electron chi connectivity index (χ0n) is 17.8. The lowest BCUT2D eigenvalue weighted by molar-refractivity contribution is 0.0515. The number of ether oxygens (including phenoxy) is 3. The van der Waals surface area contributed by atoms with E-state index in [4.69, 9.17) is 14.2 Å². The number of hydrogen-bond donors (Lipinski definition) is 0. The second-order valence-corrected chi connectivity index (χ2v) is 7.27. The Morgan fingerprint density at radius 1 is 1.13 bits per heavy atom. The van der Waals surface area contributed by atoms with Gasteiger partial charge in [0.05, 0.1) is 38.9 Å². The summed E-state index contributed by atoms with van der Waals surface area (Å²) < 4.78 is 18.1. The van der Waals surface area contributed by atoms with Crippen LogP contribution in [0.5, 0.6) is 17.5 Å². The Hall–Kier alpha value is -3.62. The molecule has 4 rings (SSSR count). The molecule has 0 N–H and O–H groups in total. The first-order valence-corrected chi connectivity index (χ1v) is 10.1. The predicted octanol–water partition coefficient (Wildman–Crippen LogP) is 2.58. The fraction of sp³-hybridized carbons (Fsp3) is 0.364. The molecule has 9 nitrogen and oxygen atoms in total. The first-order valence-electron chi connectivity index (χ1n) is 10.1. The highest BCUT2D eigenvalue weighted by Crippen LogP contribution is 2.29.